The molecule has 1 aliphatic rings. The van der Waals surface area contributed by atoms with Crippen molar-refractivity contribution in [3.05, 3.63) is 82.6 Å². The minimum atomic E-state index is -0.363. The zero-order valence-electron chi connectivity index (χ0n) is 19.5. The first-order chi connectivity index (χ1) is 17.1. The number of fused-ring (bicyclic) bond motifs is 2. The van der Waals surface area contributed by atoms with Crippen LogP contribution in [0.3, 0.4) is 0 Å². The summed E-state index contributed by atoms with van der Waals surface area (Å²) in [5, 5.41) is 2.45. The topological polar surface area (TPSA) is 96.3 Å². The van der Waals surface area contributed by atoms with Crippen molar-refractivity contribution in [2.45, 2.75) is 26.3 Å². The lowest BCUT2D eigenvalue weighted by atomic mass is 9.96. The number of para-hydroxylation sites is 1. The van der Waals surface area contributed by atoms with Crippen LogP contribution in [-0.4, -0.2) is 39.4 Å². The number of amides is 2. The second kappa shape index (κ2) is 9.58. The van der Waals surface area contributed by atoms with Crippen LogP contribution in [0, 0.1) is 5.92 Å². The van der Waals surface area contributed by atoms with Gasteiger partial charge in [0.2, 0.25) is 11.9 Å². The molecule has 2 N–H and O–H groups in total. The second-order valence-corrected chi connectivity index (χ2v) is 8.73. The summed E-state index contributed by atoms with van der Waals surface area (Å²) in [6, 6.07) is 20.6. The molecule has 178 valence electrons. The summed E-state index contributed by atoms with van der Waals surface area (Å²) < 4.78 is 1.49. The minimum absolute atomic E-state index is 0.0664. The molecule has 0 bridgehead atoms. The van der Waals surface area contributed by atoms with Gasteiger partial charge in [0.15, 0.2) is 0 Å². The Kier molecular flexibility index (Phi) is 6.18. The highest BCUT2D eigenvalue weighted by Crippen LogP contribution is 2.24. The van der Waals surface area contributed by atoms with Gasteiger partial charge in [-0.2, -0.15) is 0 Å². The molecule has 0 saturated carbocycles. The number of hydrogen-bond donors (Lipinski definition) is 2. The molecule has 3 aromatic carbocycles. The Balaban J connectivity index is 1.30. The van der Waals surface area contributed by atoms with Gasteiger partial charge in [-0.3, -0.25) is 29.8 Å². The van der Waals surface area contributed by atoms with Gasteiger partial charge < -0.3 is 4.90 Å². The van der Waals surface area contributed by atoms with Gasteiger partial charge in [0.05, 0.1) is 16.8 Å². The van der Waals surface area contributed by atoms with E-state index >= 15 is 0 Å². The standard InChI is InChI=1S/C27H27N5O3/c1-2-32-26(35)22-13-5-6-15-23(22)28-27(32)30-29-24(33)19-11-8-16-31(17-19)25(34)21-14-7-10-18-9-3-4-12-20(18)21/h3-7,9-10,12-15,19H,2,8,11,16-17H2,1H3,(H,28,30)(H,29,33). The molecule has 8 heteroatoms. The van der Waals surface area contributed by atoms with Crippen molar-refractivity contribution in [1.82, 2.24) is 19.9 Å². The van der Waals surface area contributed by atoms with E-state index in [9.17, 15) is 14.4 Å². The number of hydrogen-bond acceptors (Lipinski definition) is 5. The number of rotatable bonds is 5. The highest BCUT2D eigenvalue weighted by atomic mass is 16.2. The van der Waals surface area contributed by atoms with Crippen molar-refractivity contribution < 1.29 is 9.59 Å². The number of carbonyl (C=O) groups excluding carboxylic acids is 2. The summed E-state index contributed by atoms with van der Waals surface area (Å²) in [5.74, 6) is -0.379. The Morgan fingerprint density at radius 1 is 1.00 bits per heavy atom. The first-order valence-electron chi connectivity index (χ1n) is 11.9. The number of nitrogens with one attached hydrogen (secondary N) is 2. The zero-order chi connectivity index (χ0) is 24.4. The maximum absolute atomic E-state index is 13.3. The summed E-state index contributed by atoms with van der Waals surface area (Å²) in [4.78, 5) is 45.4. The minimum Gasteiger partial charge on any atom is -0.338 e. The molecule has 1 aromatic heterocycles. The van der Waals surface area contributed by atoms with Crippen molar-refractivity contribution >= 4 is 39.4 Å². The molecule has 2 heterocycles. The molecule has 1 saturated heterocycles. The van der Waals surface area contributed by atoms with E-state index < -0.39 is 0 Å². The van der Waals surface area contributed by atoms with Crippen LogP contribution in [0.1, 0.15) is 30.1 Å². The first kappa shape index (κ1) is 22.6. The maximum atomic E-state index is 13.3. The molecule has 1 atom stereocenters. The van der Waals surface area contributed by atoms with Crippen LogP contribution in [0.5, 0.6) is 0 Å². The molecule has 1 fully saturated rings. The van der Waals surface area contributed by atoms with Crippen LogP contribution >= 0.6 is 0 Å². The van der Waals surface area contributed by atoms with Crippen LogP contribution in [0.4, 0.5) is 5.95 Å². The monoisotopic (exact) mass is 469 g/mol. The van der Waals surface area contributed by atoms with E-state index in [1.54, 1.807) is 23.1 Å². The van der Waals surface area contributed by atoms with E-state index in [0.29, 0.717) is 42.5 Å². The predicted octanol–water partition coefficient (Wildman–Crippen LogP) is 3.57. The Bertz CT molecular complexity index is 1470. The average Bonchev–Trinajstić information content (AvgIpc) is 2.91. The Morgan fingerprint density at radius 2 is 1.74 bits per heavy atom. The number of hydrazine groups is 1. The van der Waals surface area contributed by atoms with Crippen LogP contribution in [0.25, 0.3) is 21.7 Å². The van der Waals surface area contributed by atoms with E-state index in [0.717, 1.165) is 17.2 Å². The third kappa shape index (κ3) is 4.35. The van der Waals surface area contributed by atoms with Crippen LogP contribution in [-0.2, 0) is 11.3 Å². The van der Waals surface area contributed by atoms with E-state index in [1.807, 2.05) is 55.5 Å². The number of nitrogens with zero attached hydrogens (tertiary/aromatic N) is 3. The lowest BCUT2D eigenvalue weighted by Crippen LogP contribution is -2.47. The normalized spacial score (nSPS) is 15.8. The molecule has 2 amide bonds. The lowest BCUT2D eigenvalue weighted by molar-refractivity contribution is -0.125. The number of likely N-dealkylation sites (tertiary alicyclic amines) is 1. The molecular weight excluding hydrogens is 442 g/mol. The van der Waals surface area contributed by atoms with Gasteiger partial charge in [0.25, 0.3) is 11.5 Å². The average molecular weight is 470 g/mol. The van der Waals surface area contributed by atoms with E-state index in [4.69, 9.17) is 0 Å². The maximum Gasteiger partial charge on any atom is 0.262 e. The molecule has 0 radical (unpaired) electrons. The fourth-order valence-electron chi connectivity index (χ4n) is 4.73. The van der Waals surface area contributed by atoms with Gasteiger partial charge in [0.1, 0.15) is 0 Å². The fourth-order valence-corrected chi connectivity index (χ4v) is 4.73. The molecule has 0 spiro atoms. The quantitative estimate of drug-likeness (QED) is 0.436. The fraction of sp³-hybridized carbons (Fsp3) is 0.259. The summed E-state index contributed by atoms with van der Waals surface area (Å²) in [6.07, 6.45) is 1.42. The van der Waals surface area contributed by atoms with Crippen LogP contribution < -0.4 is 16.4 Å². The smallest absolute Gasteiger partial charge is 0.262 e. The van der Waals surface area contributed by atoms with Crippen molar-refractivity contribution in [3.8, 4) is 0 Å². The van der Waals surface area contributed by atoms with Gasteiger partial charge in [-0.25, -0.2) is 4.98 Å². The van der Waals surface area contributed by atoms with Gasteiger partial charge in [-0.05, 0) is 48.7 Å². The SMILES string of the molecule is CCn1c(NNC(=O)C2CCCN(C(=O)c3cccc4ccccc34)C2)nc2ccccc2c1=O. The number of aromatic nitrogens is 2. The molecule has 5 rings (SSSR count). The van der Waals surface area contributed by atoms with E-state index in [-0.39, 0.29) is 29.2 Å². The van der Waals surface area contributed by atoms with Gasteiger partial charge in [-0.1, -0.05) is 48.5 Å². The molecule has 0 aliphatic carbocycles. The highest BCUT2D eigenvalue weighted by Gasteiger charge is 2.29. The van der Waals surface area contributed by atoms with Crippen molar-refractivity contribution in [1.29, 1.82) is 0 Å². The van der Waals surface area contributed by atoms with Crippen molar-refractivity contribution in [3.63, 3.8) is 0 Å². The molecule has 35 heavy (non-hydrogen) atoms. The molecule has 1 aliphatic heterocycles. The van der Waals surface area contributed by atoms with E-state index in [1.165, 1.54) is 4.57 Å². The molecular formula is C27H27N5O3. The highest BCUT2D eigenvalue weighted by molar-refractivity contribution is 6.07. The Labute approximate surface area is 202 Å². The van der Waals surface area contributed by atoms with Crippen LogP contribution in [0.2, 0.25) is 0 Å². The second-order valence-electron chi connectivity index (χ2n) is 8.73. The number of piperidine rings is 1. The lowest BCUT2D eigenvalue weighted by Gasteiger charge is -2.32. The van der Waals surface area contributed by atoms with Crippen molar-refractivity contribution in [2.75, 3.05) is 18.5 Å². The summed E-state index contributed by atoms with van der Waals surface area (Å²) in [5.41, 5.74) is 6.60. The molecule has 8 nitrogen and oxygen atoms in total. The van der Waals surface area contributed by atoms with Gasteiger partial charge in [0, 0.05) is 25.2 Å². The number of carbonyl (C=O) groups is 2. The Morgan fingerprint density at radius 3 is 2.57 bits per heavy atom. The van der Waals surface area contributed by atoms with Crippen molar-refractivity contribution in [2.24, 2.45) is 5.92 Å². The third-order valence-electron chi connectivity index (χ3n) is 6.57. The third-order valence-corrected chi connectivity index (χ3v) is 6.57. The summed E-state index contributed by atoms with van der Waals surface area (Å²) in [7, 11) is 0. The van der Waals surface area contributed by atoms with Crippen LogP contribution in [0.15, 0.2) is 71.5 Å². The molecule has 4 aromatic rings. The zero-order valence-corrected chi connectivity index (χ0v) is 19.5. The Hall–Kier alpha value is -4.20. The van der Waals surface area contributed by atoms with E-state index in [2.05, 4.69) is 15.8 Å². The largest absolute Gasteiger partial charge is 0.338 e. The van der Waals surface area contributed by atoms with Gasteiger partial charge >= 0.3 is 0 Å². The number of benzene rings is 3. The molecule has 1 unspecified atom stereocenters. The van der Waals surface area contributed by atoms with Gasteiger partial charge in [-0.15, -0.1) is 0 Å². The number of anilines is 1. The summed E-state index contributed by atoms with van der Waals surface area (Å²) in [6.45, 7) is 3.20. The predicted molar refractivity (Wildman–Crippen MR) is 136 cm³/mol. The summed E-state index contributed by atoms with van der Waals surface area (Å²) >= 11 is 0. The first-order valence-corrected chi connectivity index (χ1v) is 11.9.